The number of hydrogen-bond acceptors (Lipinski definition) is 8. The molecule has 0 saturated heterocycles. The Balaban J connectivity index is 1.77. The van der Waals surface area contributed by atoms with Gasteiger partial charge in [-0.15, -0.1) is 0 Å². The molecule has 0 aromatic heterocycles. The van der Waals surface area contributed by atoms with Crippen LogP contribution in [0.15, 0.2) is 84.9 Å². The van der Waals surface area contributed by atoms with Crippen molar-refractivity contribution in [2.24, 2.45) is 0 Å². The van der Waals surface area contributed by atoms with Crippen LogP contribution in [0.5, 0.6) is 5.75 Å². The van der Waals surface area contributed by atoms with Gasteiger partial charge in [0.05, 0.1) is 35.7 Å². The van der Waals surface area contributed by atoms with Gasteiger partial charge in [-0.1, -0.05) is 36.4 Å². The summed E-state index contributed by atoms with van der Waals surface area (Å²) in [5, 5.41) is 23.7. The van der Waals surface area contributed by atoms with Crippen LogP contribution in [-0.4, -0.2) is 43.0 Å². The number of allylic oxidation sites excluding steroid dienone is 1. The third-order valence-electron chi connectivity index (χ3n) is 5.89. The minimum absolute atomic E-state index is 0.0598. The van der Waals surface area contributed by atoms with Crippen molar-refractivity contribution in [1.29, 1.82) is 5.26 Å². The topological polar surface area (TPSA) is 156 Å². The normalized spacial score (nSPS) is 12.2. The van der Waals surface area contributed by atoms with E-state index in [1.165, 1.54) is 6.08 Å². The zero-order valence-electron chi connectivity index (χ0n) is 22.8. The van der Waals surface area contributed by atoms with Gasteiger partial charge in [0, 0.05) is 17.9 Å². The van der Waals surface area contributed by atoms with Gasteiger partial charge in [0.15, 0.2) is 6.10 Å². The van der Waals surface area contributed by atoms with Gasteiger partial charge in [-0.05, 0) is 68.3 Å². The maximum Gasteiger partial charge on any atom is 0.412 e. The number of aliphatic hydroxyl groups excluding tert-OH is 1. The Morgan fingerprint density at radius 2 is 1.78 bits per heavy atom. The molecule has 10 heteroatoms. The Kier molecular flexibility index (Phi) is 12.2. The summed E-state index contributed by atoms with van der Waals surface area (Å²) in [6, 6.07) is 22.5. The number of amides is 2. The zero-order chi connectivity index (χ0) is 29.5. The lowest BCUT2D eigenvalue weighted by atomic mass is 9.99. The standard InChI is InChI=1S/C31H34N4O6/c1-2-39-28(13-7-8-14-29(37)35-26-11-5-4-10-25(26)33)30(24-9-3-6-12-27(24)40-20-19-36)41-31(38)34-23-17-15-22(21-32)16-18-23/h3-6,8-12,14-18,28,30,36H,2,7,13,19-20,33H2,1H3,(H,34,38)(H,35,37)/b14-8+/t28-,30-/m1/s1. The minimum Gasteiger partial charge on any atom is -0.491 e. The number of nitrogens with two attached hydrogens (primary N) is 1. The van der Waals surface area contributed by atoms with Crippen molar-refractivity contribution in [2.75, 3.05) is 36.2 Å². The second kappa shape index (κ2) is 16.3. The number of para-hydroxylation sites is 3. The van der Waals surface area contributed by atoms with E-state index in [9.17, 15) is 14.7 Å². The molecule has 0 radical (unpaired) electrons. The van der Waals surface area contributed by atoms with Gasteiger partial charge in [0.1, 0.15) is 12.4 Å². The molecule has 0 aliphatic carbocycles. The lowest BCUT2D eigenvalue weighted by Crippen LogP contribution is -2.29. The molecule has 3 rings (SSSR count). The smallest absolute Gasteiger partial charge is 0.412 e. The molecular formula is C31H34N4O6. The molecule has 0 saturated carbocycles. The third-order valence-corrected chi connectivity index (χ3v) is 5.89. The summed E-state index contributed by atoms with van der Waals surface area (Å²) < 4.78 is 17.6. The average molecular weight is 559 g/mol. The molecule has 0 aliphatic rings. The van der Waals surface area contributed by atoms with E-state index in [2.05, 4.69) is 10.6 Å². The first-order valence-corrected chi connectivity index (χ1v) is 13.2. The van der Waals surface area contributed by atoms with Crippen molar-refractivity contribution >= 4 is 29.1 Å². The van der Waals surface area contributed by atoms with E-state index in [-0.39, 0.29) is 19.1 Å². The lowest BCUT2D eigenvalue weighted by molar-refractivity contribution is -0.111. The predicted molar refractivity (Wildman–Crippen MR) is 156 cm³/mol. The molecule has 0 heterocycles. The van der Waals surface area contributed by atoms with E-state index in [4.69, 9.17) is 25.2 Å². The summed E-state index contributed by atoms with van der Waals surface area (Å²) >= 11 is 0. The van der Waals surface area contributed by atoms with E-state index in [1.54, 1.807) is 78.9 Å². The average Bonchev–Trinajstić information content (AvgIpc) is 2.98. The predicted octanol–water partition coefficient (Wildman–Crippen LogP) is 5.18. The molecule has 0 aliphatic heterocycles. The van der Waals surface area contributed by atoms with Crippen LogP contribution < -0.4 is 21.1 Å². The SMILES string of the molecule is CCO[C@H](CC/C=C/C(=O)Nc1ccccc1N)[C@H](OC(=O)Nc1ccc(C#N)cc1)c1ccccc1OCCO. The monoisotopic (exact) mass is 558 g/mol. The van der Waals surface area contributed by atoms with Crippen LogP contribution in [0.25, 0.3) is 0 Å². The summed E-state index contributed by atoms with van der Waals surface area (Å²) in [4.78, 5) is 25.4. The van der Waals surface area contributed by atoms with Crippen LogP contribution in [0, 0.1) is 11.3 Å². The first-order valence-electron chi connectivity index (χ1n) is 13.2. The number of aliphatic hydroxyl groups is 1. The van der Waals surface area contributed by atoms with Crippen molar-refractivity contribution in [2.45, 2.75) is 32.0 Å². The molecule has 10 nitrogen and oxygen atoms in total. The molecule has 0 bridgehead atoms. The molecule has 214 valence electrons. The summed E-state index contributed by atoms with van der Waals surface area (Å²) in [5.41, 5.74) is 8.36. The fraction of sp³-hybridized carbons (Fsp3) is 0.258. The first kappa shape index (κ1) is 30.7. The van der Waals surface area contributed by atoms with Gasteiger partial charge in [-0.3, -0.25) is 10.1 Å². The Morgan fingerprint density at radius 1 is 1.05 bits per heavy atom. The van der Waals surface area contributed by atoms with Crippen LogP contribution in [-0.2, 0) is 14.3 Å². The number of nitrogens with zero attached hydrogens (tertiary/aromatic N) is 1. The van der Waals surface area contributed by atoms with E-state index in [1.807, 2.05) is 13.0 Å². The van der Waals surface area contributed by atoms with Gasteiger partial charge in [0.2, 0.25) is 5.91 Å². The number of carbonyl (C=O) groups excluding carboxylic acids is 2. The summed E-state index contributed by atoms with van der Waals surface area (Å²) in [5.74, 6) is 0.117. The van der Waals surface area contributed by atoms with E-state index in [0.717, 1.165) is 0 Å². The maximum atomic E-state index is 13.0. The molecule has 3 aromatic rings. The van der Waals surface area contributed by atoms with Crippen LogP contribution in [0.4, 0.5) is 21.9 Å². The Morgan fingerprint density at radius 3 is 2.49 bits per heavy atom. The molecular weight excluding hydrogens is 524 g/mol. The number of benzene rings is 3. The lowest BCUT2D eigenvalue weighted by Gasteiger charge is -2.28. The van der Waals surface area contributed by atoms with Crippen molar-refractivity contribution in [1.82, 2.24) is 0 Å². The number of hydrogen-bond donors (Lipinski definition) is 4. The molecule has 5 N–H and O–H groups in total. The van der Waals surface area contributed by atoms with Gasteiger partial charge in [0.25, 0.3) is 0 Å². The zero-order valence-corrected chi connectivity index (χ0v) is 22.8. The fourth-order valence-corrected chi connectivity index (χ4v) is 4.01. The highest BCUT2D eigenvalue weighted by Crippen LogP contribution is 2.34. The van der Waals surface area contributed by atoms with Crippen LogP contribution in [0.2, 0.25) is 0 Å². The highest BCUT2D eigenvalue weighted by Gasteiger charge is 2.30. The minimum atomic E-state index is -0.880. The van der Waals surface area contributed by atoms with E-state index < -0.39 is 18.3 Å². The number of ether oxygens (including phenoxy) is 3. The Bertz CT molecular complexity index is 1350. The van der Waals surface area contributed by atoms with Crippen LogP contribution in [0.3, 0.4) is 0 Å². The largest absolute Gasteiger partial charge is 0.491 e. The maximum absolute atomic E-state index is 13.0. The van der Waals surface area contributed by atoms with Crippen LogP contribution in [0.1, 0.15) is 37.0 Å². The summed E-state index contributed by atoms with van der Waals surface area (Å²) in [6.45, 7) is 2.06. The van der Waals surface area contributed by atoms with Gasteiger partial charge in [-0.2, -0.15) is 5.26 Å². The number of nitrogen functional groups attached to an aromatic ring is 1. The van der Waals surface area contributed by atoms with Crippen molar-refractivity contribution in [3.63, 3.8) is 0 Å². The van der Waals surface area contributed by atoms with Gasteiger partial charge < -0.3 is 30.4 Å². The highest BCUT2D eigenvalue weighted by atomic mass is 16.6. The number of carbonyl (C=O) groups is 2. The second-order valence-electron chi connectivity index (χ2n) is 8.80. The van der Waals surface area contributed by atoms with Crippen LogP contribution >= 0.6 is 0 Å². The van der Waals surface area contributed by atoms with Crippen molar-refractivity contribution in [3.8, 4) is 11.8 Å². The number of nitrogens with one attached hydrogen (secondary N) is 2. The van der Waals surface area contributed by atoms with Crippen molar-refractivity contribution < 1.29 is 28.9 Å². The molecule has 41 heavy (non-hydrogen) atoms. The fourth-order valence-electron chi connectivity index (χ4n) is 4.01. The summed E-state index contributed by atoms with van der Waals surface area (Å²) in [6.07, 6.45) is 1.78. The Labute approximate surface area is 239 Å². The van der Waals surface area contributed by atoms with Crippen molar-refractivity contribution in [3.05, 3.63) is 96.1 Å². The third kappa shape index (κ3) is 9.69. The van der Waals surface area contributed by atoms with E-state index >= 15 is 0 Å². The highest BCUT2D eigenvalue weighted by molar-refractivity contribution is 6.01. The molecule has 0 spiro atoms. The summed E-state index contributed by atoms with van der Waals surface area (Å²) in [7, 11) is 0. The number of anilines is 3. The number of nitriles is 1. The Hall–Kier alpha value is -4.85. The van der Waals surface area contributed by atoms with E-state index in [0.29, 0.717) is 53.4 Å². The molecule has 2 atom stereocenters. The quantitative estimate of drug-likeness (QED) is 0.156. The molecule has 2 amide bonds. The molecule has 0 unspecified atom stereocenters. The molecule has 0 fully saturated rings. The van der Waals surface area contributed by atoms with Gasteiger partial charge >= 0.3 is 6.09 Å². The number of rotatable bonds is 14. The van der Waals surface area contributed by atoms with Gasteiger partial charge in [-0.25, -0.2) is 4.79 Å². The molecule has 3 aromatic carbocycles. The first-order chi connectivity index (χ1) is 19.9. The second-order valence-corrected chi connectivity index (χ2v) is 8.80.